The molecular formula is C23H24N8. The van der Waals surface area contributed by atoms with E-state index in [0.29, 0.717) is 11.8 Å². The van der Waals surface area contributed by atoms with Crippen molar-refractivity contribution in [2.75, 3.05) is 5.32 Å². The summed E-state index contributed by atoms with van der Waals surface area (Å²) in [6.45, 7) is 6.10. The monoisotopic (exact) mass is 412 g/mol. The molecule has 1 aromatic carbocycles. The molecule has 0 amide bonds. The number of H-pyrrole nitrogens is 1. The van der Waals surface area contributed by atoms with Crippen molar-refractivity contribution in [1.82, 2.24) is 34.3 Å². The minimum absolute atomic E-state index is 0.234. The summed E-state index contributed by atoms with van der Waals surface area (Å²) >= 11 is 0. The lowest BCUT2D eigenvalue weighted by molar-refractivity contribution is 0.489. The van der Waals surface area contributed by atoms with Crippen molar-refractivity contribution in [2.45, 2.75) is 33.2 Å². The second-order valence-electron chi connectivity index (χ2n) is 7.88. The lowest BCUT2D eigenvalue weighted by atomic mass is 10.1. The van der Waals surface area contributed by atoms with E-state index in [2.05, 4.69) is 56.8 Å². The van der Waals surface area contributed by atoms with Crippen LogP contribution >= 0.6 is 0 Å². The Bertz CT molecular complexity index is 1330. The predicted molar refractivity (Wildman–Crippen MR) is 120 cm³/mol. The summed E-state index contributed by atoms with van der Waals surface area (Å²) in [5.74, 6) is 1.37. The molecule has 8 nitrogen and oxygen atoms in total. The van der Waals surface area contributed by atoms with Crippen LogP contribution in [-0.2, 0) is 6.42 Å². The number of aromatic amines is 1. The fourth-order valence-electron chi connectivity index (χ4n) is 3.70. The molecule has 0 bridgehead atoms. The smallest absolute Gasteiger partial charge is 0.215 e. The summed E-state index contributed by atoms with van der Waals surface area (Å²) in [4.78, 5) is 9.48. The fraction of sp³-hybridized carbons (Fsp3) is 0.217. The molecule has 5 aromatic rings. The zero-order chi connectivity index (χ0) is 21.4. The Morgan fingerprint density at radius 1 is 1.06 bits per heavy atom. The first kappa shape index (κ1) is 19.0. The van der Waals surface area contributed by atoms with Gasteiger partial charge in [-0.15, -0.1) is 0 Å². The van der Waals surface area contributed by atoms with Crippen LogP contribution in [0.5, 0.6) is 0 Å². The van der Waals surface area contributed by atoms with E-state index in [0.717, 1.165) is 34.7 Å². The highest BCUT2D eigenvalue weighted by Gasteiger charge is 2.14. The molecular weight excluding hydrogens is 388 g/mol. The molecule has 0 spiro atoms. The molecule has 4 heterocycles. The van der Waals surface area contributed by atoms with Crippen LogP contribution in [0.25, 0.3) is 16.9 Å². The highest BCUT2D eigenvalue weighted by molar-refractivity contribution is 5.66. The number of aryl methyl sites for hydroxylation is 2. The molecule has 4 aromatic heterocycles. The second-order valence-corrected chi connectivity index (χ2v) is 7.88. The Kier molecular flexibility index (Phi) is 4.74. The van der Waals surface area contributed by atoms with E-state index in [1.807, 2.05) is 59.7 Å². The van der Waals surface area contributed by atoms with Crippen molar-refractivity contribution >= 4 is 17.4 Å². The van der Waals surface area contributed by atoms with Gasteiger partial charge in [0, 0.05) is 35.8 Å². The third-order valence-electron chi connectivity index (χ3n) is 5.24. The van der Waals surface area contributed by atoms with Gasteiger partial charge in [-0.25, -0.2) is 9.97 Å². The number of hydrogen-bond donors (Lipinski definition) is 2. The molecule has 0 fully saturated rings. The molecule has 0 radical (unpaired) electrons. The maximum Gasteiger partial charge on any atom is 0.215 e. The lowest BCUT2D eigenvalue weighted by Gasteiger charge is -2.12. The third kappa shape index (κ3) is 3.92. The van der Waals surface area contributed by atoms with E-state index in [1.54, 1.807) is 0 Å². The maximum absolute atomic E-state index is 4.85. The highest BCUT2D eigenvalue weighted by atomic mass is 15.3. The molecule has 0 aliphatic carbocycles. The number of anilines is 2. The molecule has 8 heteroatoms. The molecule has 0 aliphatic heterocycles. The molecule has 2 N–H and O–H groups in total. The van der Waals surface area contributed by atoms with E-state index in [4.69, 9.17) is 4.98 Å². The van der Waals surface area contributed by atoms with Gasteiger partial charge >= 0.3 is 0 Å². The first-order valence-corrected chi connectivity index (χ1v) is 10.3. The number of imidazole rings is 1. The van der Waals surface area contributed by atoms with E-state index in [9.17, 15) is 0 Å². The third-order valence-corrected chi connectivity index (χ3v) is 5.24. The van der Waals surface area contributed by atoms with Crippen LogP contribution in [0.4, 0.5) is 11.8 Å². The summed E-state index contributed by atoms with van der Waals surface area (Å²) in [6, 6.07) is 14.6. The first-order valence-electron chi connectivity index (χ1n) is 10.3. The Hall–Kier alpha value is -3.94. The van der Waals surface area contributed by atoms with Crippen LogP contribution in [0, 0.1) is 13.8 Å². The summed E-state index contributed by atoms with van der Waals surface area (Å²) in [5.41, 5.74) is 5.77. The molecule has 0 saturated carbocycles. The zero-order valence-electron chi connectivity index (χ0n) is 17.7. The van der Waals surface area contributed by atoms with Gasteiger partial charge in [-0.1, -0.05) is 30.3 Å². The van der Waals surface area contributed by atoms with Crippen LogP contribution in [0.2, 0.25) is 0 Å². The van der Waals surface area contributed by atoms with Crippen molar-refractivity contribution < 1.29 is 0 Å². The molecule has 0 saturated heterocycles. The van der Waals surface area contributed by atoms with Gasteiger partial charge in [0.2, 0.25) is 5.95 Å². The Morgan fingerprint density at radius 2 is 1.90 bits per heavy atom. The molecule has 1 atom stereocenters. The second kappa shape index (κ2) is 7.71. The van der Waals surface area contributed by atoms with E-state index in [1.165, 1.54) is 5.56 Å². The van der Waals surface area contributed by atoms with Crippen molar-refractivity contribution in [3.05, 3.63) is 78.0 Å². The topological polar surface area (TPSA) is 88.7 Å². The van der Waals surface area contributed by atoms with Crippen LogP contribution < -0.4 is 5.32 Å². The Balaban J connectivity index is 1.47. The summed E-state index contributed by atoms with van der Waals surface area (Å²) in [7, 11) is 0. The van der Waals surface area contributed by atoms with Crippen molar-refractivity contribution in [2.24, 2.45) is 0 Å². The van der Waals surface area contributed by atoms with Crippen molar-refractivity contribution in [3.8, 4) is 11.3 Å². The number of fused-ring (bicyclic) bond motifs is 1. The average molecular weight is 413 g/mol. The van der Waals surface area contributed by atoms with Gasteiger partial charge in [-0.05, 0) is 32.8 Å². The largest absolute Gasteiger partial charge is 0.308 e. The van der Waals surface area contributed by atoms with Crippen LogP contribution in [0.3, 0.4) is 0 Å². The molecule has 31 heavy (non-hydrogen) atoms. The molecule has 156 valence electrons. The number of aromatic nitrogens is 7. The summed E-state index contributed by atoms with van der Waals surface area (Å²) < 4.78 is 3.93. The van der Waals surface area contributed by atoms with E-state index >= 15 is 0 Å². The number of rotatable bonds is 6. The van der Waals surface area contributed by atoms with Crippen LogP contribution in [-0.4, -0.2) is 34.3 Å². The normalized spacial score (nSPS) is 12.4. The zero-order valence-corrected chi connectivity index (χ0v) is 17.7. The summed E-state index contributed by atoms with van der Waals surface area (Å²) in [6.07, 6.45) is 6.78. The Morgan fingerprint density at radius 3 is 2.68 bits per heavy atom. The van der Waals surface area contributed by atoms with E-state index < -0.39 is 0 Å². The quantitative estimate of drug-likeness (QED) is 0.429. The Labute approximate surface area is 180 Å². The van der Waals surface area contributed by atoms with Gasteiger partial charge in [0.05, 0.1) is 23.6 Å². The van der Waals surface area contributed by atoms with Crippen molar-refractivity contribution in [1.29, 1.82) is 0 Å². The number of nitrogens with one attached hydrogen (secondary N) is 2. The van der Waals surface area contributed by atoms with Gasteiger partial charge in [0.25, 0.3) is 0 Å². The van der Waals surface area contributed by atoms with Gasteiger partial charge in [0.1, 0.15) is 5.65 Å². The standard InChI is InChI=1S/C23H24N8/c1-15-9-21(29-28-15)27-23-26-20(11-22-25-16(2)13-30(22)23)19-12-24-31(14-19)17(3)10-18-7-5-4-6-8-18/h4-9,11-14,17H,10H2,1-3H3,(H2,26,27,28,29). The van der Waals surface area contributed by atoms with Crippen molar-refractivity contribution in [3.63, 3.8) is 0 Å². The van der Waals surface area contributed by atoms with Gasteiger partial charge in [-0.3, -0.25) is 14.2 Å². The number of hydrogen-bond acceptors (Lipinski definition) is 5. The predicted octanol–water partition coefficient (Wildman–Crippen LogP) is 4.48. The average Bonchev–Trinajstić information content (AvgIpc) is 3.48. The van der Waals surface area contributed by atoms with Crippen LogP contribution in [0.1, 0.15) is 29.9 Å². The van der Waals surface area contributed by atoms with E-state index in [-0.39, 0.29) is 6.04 Å². The fourth-order valence-corrected chi connectivity index (χ4v) is 3.70. The number of nitrogens with zero attached hydrogens (tertiary/aromatic N) is 6. The first-order chi connectivity index (χ1) is 15.0. The van der Waals surface area contributed by atoms with Crippen LogP contribution in [0.15, 0.2) is 61.1 Å². The minimum atomic E-state index is 0.234. The summed E-state index contributed by atoms with van der Waals surface area (Å²) in [5, 5.41) is 15.1. The van der Waals surface area contributed by atoms with Gasteiger partial charge in [0.15, 0.2) is 5.82 Å². The number of benzene rings is 1. The molecule has 1 unspecified atom stereocenters. The van der Waals surface area contributed by atoms with Gasteiger partial charge in [-0.2, -0.15) is 10.2 Å². The lowest BCUT2D eigenvalue weighted by Crippen LogP contribution is -2.08. The SMILES string of the molecule is Cc1cn2c(Nc3cc(C)[nH]n3)nc(-c3cnn(C(C)Cc4ccccc4)c3)cc2n1. The van der Waals surface area contributed by atoms with Gasteiger partial charge < -0.3 is 5.32 Å². The molecule has 0 aliphatic rings. The molecule has 5 rings (SSSR count). The highest BCUT2D eigenvalue weighted by Crippen LogP contribution is 2.25. The minimum Gasteiger partial charge on any atom is -0.308 e. The maximum atomic E-state index is 4.85.